The zero-order valence-electron chi connectivity index (χ0n) is 12.4. The summed E-state index contributed by atoms with van der Waals surface area (Å²) in [6.07, 6.45) is 0.654. The number of halogens is 1. The monoisotopic (exact) mass is 323 g/mol. The molecular formula is C15H18ClN3O3. The molecule has 7 heteroatoms. The normalized spacial score (nSPS) is 17.3. The molecule has 6 nitrogen and oxygen atoms in total. The Kier molecular flexibility index (Phi) is 4.71. The molecule has 22 heavy (non-hydrogen) atoms. The highest BCUT2D eigenvalue weighted by Crippen LogP contribution is 2.27. The smallest absolute Gasteiger partial charge is 0.313 e. The molecule has 3 amide bonds. The molecule has 1 heterocycles. The van der Waals surface area contributed by atoms with Gasteiger partial charge in [0.15, 0.2) is 0 Å². The predicted octanol–water partition coefficient (Wildman–Crippen LogP) is 1.52. The average Bonchev–Trinajstić information content (AvgIpc) is 2.57. The molecule has 0 saturated heterocycles. The molecule has 1 aliphatic rings. The van der Waals surface area contributed by atoms with Crippen LogP contribution in [0.5, 0.6) is 0 Å². The van der Waals surface area contributed by atoms with Crippen molar-refractivity contribution in [2.75, 3.05) is 5.32 Å². The number of nitrogens with two attached hydrogens (primary N) is 1. The minimum atomic E-state index is -0.840. The van der Waals surface area contributed by atoms with Crippen molar-refractivity contribution < 1.29 is 14.4 Å². The van der Waals surface area contributed by atoms with E-state index in [0.29, 0.717) is 22.7 Å². The van der Waals surface area contributed by atoms with Crippen LogP contribution in [-0.4, -0.2) is 28.7 Å². The summed E-state index contributed by atoms with van der Waals surface area (Å²) in [4.78, 5) is 37.4. The van der Waals surface area contributed by atoms with Crippen LogP contribution >= 0.6 is 11.6 Å². The lowest BCUT2D eigenvalue weighted by Crippen LogP contribution is -2.52. The van der Waals surface area contributed by atoms with Crippen molar-refractivity contribution in [3.8, 4) is 0 Å². The van der Waals surface area contributed by atoms with E-state index in [4.69, 9.17) is 17.3 Å². The molecule has 118 valence electrons. The standard InChI is InChI=1S/C15H18ClN3O3/c1-3-8(2)12(13(17)20)19-7-9-6-10(16)4-5-11(9)18-14(21)15(19)22/h4-6,8,12H,3,7H2,1-2H3,(H2,17,20)(H,18,21)/t8?,12-/m1/s1. The molecule has 1 aromatic carbocycles. The first-order valence-electron chi connectivity index (χ1n) is 7.04. The number of nitrogens with one attached hydrogen (secondary N) is 1. The molecule has 1 aromatic rings. The second kappa shape index (κ2) is 6.36. The number of anilines is 1. The summed E-state index contributed by atoms with van der Waals surface area (Å²) in [6.45, 7) is 3.82. The minimum Gasteiger partial charge on any atom is -0.368 e. The summed E-state index contributed by atoms with van der Waals surface area (Å²) in [6, 6.07) is 4.08. The maximum Gasteiger partial charge on any atom is 0.313 e. The van der Waals surface area contributed by atoms with E-state index in [1.54, 1.807) is 18.2 Å². The van der Waals surface area contributed by atoms with E-state index >= 15 is 0 Å². The van der Waals surface area contributed by atoms with Crippen molar-refractivity contribution in [1.29, 1.82) is 0 Å². The lowest BCUT2D eigenvalue weighted by molar-refractivity contribution is -0.148. The molecule has 2 atom stereocenters. The number of rotatable bonds is 4. The van der Waals surface area contributed by atoms with Gasteiger partial charge in [-0.3, -0.25) is 14.4 Å². The maximum atomic E-state index is 12.3. The molecular weight excluding hydrogens is 306 g/mol. The van der Waals surface area contributed by atoms with E-state index in [-0.39, 0.29) is 12.5 Å². The lowest BCUT2D eigenvalue weighted by Gasteiger charge is -2.31. The molecule has 0 aliphatic carbocycles. The van der Waals surface area contributed by atoms with Gasteiger partial charge in [0.1, 0.15) is 6.04 Å². The Labute approximate surface area is 133 Å². The highest BCUT2D eigenvalue weighted by Gasteiger charge is 2.37. The van der Waals surface area contributed by atoms with Crippen LogP contribution in [-0.2, 0) is 20.9 Å². The second-order valence-corrected chi connectivity index (χ2v) is 5.86. The number of amides is 3. The molecule has 3 N–H and O–H groups in total. The van der Waals surface area contributed by atoms with E-state index in [1.807, 2.05) is 13.8 Å². The first kappa shape index (κ1) is 16.3. The molecule has 0 bridgehead atoms. The topological polar surface area (TPSA) is 92.5 Å². The van der Waals surface area contributed by atoms with Crippen molar-refractivity contribution in [2.45, 2.75) is 32.9 Å². The minimum absolute atomic E-state index is 0.103. The Hall–Kier alpha value is -2.08. The maximum absolute atomic E-state index is 12.3. The van der Waals surface area contributed by atoms with Gasteiger partial charge in [-0.2, -0.15) is 0 Å². The Morgan fingerprint density at radius 3 is 2.73 bits per heavy atom. The summed E-state index contributed by atoms with van der Waals surface area (Å²) in [5.41, 5.74) is 6.64. The van der Waals surface area contributed by atoms with Crippen molar-refractivity contribution in [3.63, 3.8) is 0 Å². The molecule has 0 radical (unpaired) electrons. The summed E-state index contributed by atoms with van der Waals surface area (Å²) >= 11 is 5.97. The van der Waals surface area contributed by atoms with Gasteiger partial charge in [-0.05, 0) is 29.7 Å². The fourth-order valence-corrected chi connectivity index (χ4v) is 2.76. The third-order valence-electron chi connectivity index (χ3n) is 3.92. The highest BCUT2D eigenvalue weighted by atomic mass is 35.5. The van der Waals surface area contributed by atoms with Crippen LogP contribution < -0.4 is 11.1 Å². The predicted molar refractivity (Wildman–Crippen MR) is 83.1 cm³/mol. The Bertz CT molecular complexity index is 632. The summed E-state index contributed by atoms with van der Waals surface area (Å²) < 4.78 is 0. The van der Waals surface area contributed by atoms with Crippen molar-refractivity contribution >= 4 is 35.0 Å². The third kappa shape index (κ3) is 3.06. The first-order valence-corrected chi connectivity index (χ1v) is 7.42. The van der Waals surface area contributed by atoms with Gasteiger partial charge in [0, 0.05) is 17.3 Å². The van der Waals surface area contributed by atoms with E-state index in [1.165, 1.54) is 4.90 Å². The molecule has 0 spiro atoms. The SMILES string of the molecule is CCC(C)[C@H](C(N)=O)N1Cc2cc(Cl)ccc2NC(=O)C1=O. The molecule has 0 saturated carbocycles. The first-order chi connectivity index (χ1) is 10.3. The van der Waals surface area contributed by atoms with Gasteiger partial charge in [0.05, 0.1) is 0 Å². The van der Waals surface area contributed by atoms with Crippen molar-refractivity contribution in [2.24, 2.45) is 11.7 Å². The Morgan fingerprint density at radius 2 is 2.14 bits per heavy atom. The number of hydrogen-bond acceptors (Lipinski definition) is 3. The number of nitrogens with zero attached hydrogens (tertiary/aromatic N) is 1. The molecule has 1 unspecified atom stereocenters. The van der Waals surface area contributed by atoms with Crippen LogP contribution in [0.4, 0.5) is 5.69 Å². The number of hydrogen-bond donors (Lipinski definition) is 2. The Balaban J connectivity index is 2.47. The van der Waals surface area contributed by atoms with Crippen LogP contribution in [0.1, 0.15) is 25.8 Å². The van der Waals surface area contributed by atoms with Crippen molar-refractivity contribution in [1.82, 2.24) is 4.90 Å². The highest BCUT2D eigenvalue weighted by molar-refractivity contribution is 6.40. The van der Waals surface area contributed by atoms with Crippen LogP contribution in [0.3, 0.4) is 0 Å². The Morgan fingerprint density at radius 1 is 1.45 bits per heavy atom. The third-order valence-corrected chi connectivity index (χ3v) is 4.16. The van der Waals surface area contributed by atoms with Gasteiger partial charge >= 0.3 is 11.8 Å². The fourth-order valence-electron chi connectivity index (χ4n) is 2.57. The van der Waals surface area contributed by atoms with Crippen LogP contribution in [0.15, 0.2) is 18.2 Å². The van der Waals surface area contributed by atoms with E-state index < -0.39 is 23.8 Å². The summed E-state index contributed by atoms with van der Waals surface area (Å²) in [7, 11) is 0. The van der Waals surface area contributed by atoms with Crippen LogP contribution in [0.2, 0.25) is 5.02 Å². The number of carbonyl (C=O) groups excluding carboxylic acids is 3. The summed E-state index contributed by atoms with van der Waals surface area (Å²) in [5, 5.41) is 3.03. The zero-order valence-corrected chi connectivity index (χ0v) is 13.2. The molecule has 1 aliphatic heterocycles. The quantitative estimate of drug-likeness (QED) is 0.823. The van der Waals surface area contributed by atoms with Crippen molar-refractivity contribution in [3.05, 3.63) is 28.8 Å². The van der Waals surface area contributed by atoms with E-state index in [9.17, 15) is 14.4 Å². The fraction of sp³-hybridized carbons (Fsp3) is 0.400. The molecule has 0 fully saturated rings. The molecule has 2 rings (SSSR count). The second-order valence-electron chi connectivity index (χ2n) is 5.42. The molecule has 0 aromatic heterocycles. The number of benzene rings is 1. The van der Waals surface area contributed by atoms with E-state index in [2.05, 4.69) is 5.32 Å². The van der Waals surface area contributed by atoms with Crippen LogP contribution in [0.25, 0.3) is 0 Å². The van der Waals surface area contributed by atoms with Gasteiger partial charge < -0.3 is 16.0 Å². The van der Waals surface area contributed by atoms with Crippen LogP contribution in [0, 0.1) is 5.92 Å². The van der Waals surface area contributed by atoms with Gasteiger partial charge in [-0.15, -0.1) is 0 Å². The zero-order chi connectivity index (χ0) is 16.4. The average molecular weight is 324 g/mol. The lowest BCUT2D eigenvalue weighted by atomic mass is 9.96. The van der Waals surface area contributed by atoms with Gasteiger partial charge in [-0.25, -0.2) is 0 Å². The largest absolute Gasteiger partial charge is 0.368 e. The summed E-state index contributed by atoms with van der Waals surface area (Å²) in [5.74, 6) is -2.33. The van der Waals surface area contributed by atoms with Gasteiger partial charge in [0.25, 0.3) is 0 Å². The number of fused-ring (bicyclic) bond motifs is 1. The number of primary amides is 1. The number of carbonyl (C=O) groups is 3. The van der Waals surface area contributed by atoms with E-state index in [0.717, 1.165) is 0 Å². The van der Waals surface area contributed by atoms with Gasteiger partial charge in [0.2, 0.25) is 5.91 Å². The van der Waals surface area contributed by atoms with Gasteiger partial charge in [-0.1, -0.05) is 31.9 Å².